The molecule has 2 nitrogen and oxygen atoms in total. The average Bonchev–Trinajstić information content (AvgIpc) is 2.22. The van der Waals surface area contributed by atoms with Gasteiger partial charge in [-0.1, -0.05) is 29.3 Å². The molecule has 4 heteroatoms. The van der Waals surface area contributed by atoms with E-state index in [2.05, 4.69) is 10.3 Å². The van der Waals surface area contributed by atoms with Crippen LogP contribution in [0.5, 0.6) is 0 Å². The van der Waals surface area contributed by atoms with Crippen LogP contribution >= 0.6 is 23.2 Å². The molecule has 0 bridgehead atoms. The molecule has 1 aromatic carbocycles. The molecule has 0 atom stereocenters. The molecule has 0 fully saturated rings. The van der Waals surface area contributed by atoms with Gasteiger partial charge in [0.2, 0.25) is 0 Å². The van der Waals surface area contributed by atoms with E-state index in [1.807, 2.05) is 37.3 Å². The van der Waals surface area contributed by atoms with Gasteiger partial charge in [0.1, 0.15) is 11.0 Å². The minimum atomic E-state index is 0.469. The molecular formula is C12H10Cl2N2. The zero-order valence-electron chi connectivity index (χ0n) is 8.67. The molecule has 0 aliphatic heterocycles. The van der Waals surface area contributed by atoms with Crippen LogP contribution in [0.2, 0.25) is 10.2 Å². The number of anilines is 2. The highest BCUT2D eigenvalue weighted by molar-refractivity contribution is 6.30. The molecule has 1 heterocycles. The van der Waals surface area contributed by atoms with Crippen molar-refractivity contribution in [1.82, 2.24) is 4.98 Å². The molecule has 0 spiro atoms. The lowest BCUT2D eigenvalue weighted by atomic mass is 10.2. The van der Waals surface area contributed by atoms with Gasteiger partial charge < -0.3 is 5.32 Å². The molecule has 0 amide bonds. The third-order valence-electron chi connectivity index (χ3n) is 2.17. The molecule has 82 valence electrons. The molecule has 2 aromatic rings. The number of benzene rings is 1. The highest BCUT2D eigenvalue weighted by atomic mass is 35.5. The monoisotopic (exact) mass is 252 g/mol. The van der Waals surface area contributed by atoms with Crippen molar-refractivity contribution in [1.29, 1.82) is 0 Å². The number of rotatable bonds is 2. The summed E-state index contributed by atoms with van der Waals surface area (Å²) in [6.07, 6.45) is 0. The molecule has 1 aromatic heterocycles. The standard InChI is InChI=1S/C12H10Cl2N2/c1-8-7-9(13)5-6-10(8)15-12-4-2-3-11(14)16-12/h2-7H,1H3,(H,15,16). The number of halogens is 2. The van der Waals surface area contributed by atoms with Gasteiger partial charge in [-0.25, -0.2) is 4.98 Å². The van der Waals surface area contributed by atoms with E-state index in [1.54, 1.807) is 6.07 Å². The van der Waals surface area contributed by atoms with Crippen LogP contribution in [-0.4, -0.2) is 4.98 Å². The molecule has 16 heavy (non-hydrogen) atoms. The van der Waals surface area contributed by atoms with Gasteiger partial charge in [-0.3, -0.25) is 0 Å². The lowest BCUT2D eigenvalue weighted by molar-refractivity contribution is 1.30. The normalized spacial score (nSPS) is 10.2. The Labute approximate surface area is 104 Å². The Kier molecular flexibility index (Phi) is 3.32. The van der Waals surface area contributed by atoms with Gasteiger partial charge in [0.25, 0.3) is 0 Å². The van der Waals surface area contributed by atoms with Crippen molar-refractivity contribution < 1.29 is 0 Å². The number of nitrogens with zero attached hydrogens (tertiary/aromatic N) is 1. The topological polar surface area (TPSA) is 24.9 Å². The largest absolute Gasteiger partial charge is 0.340 e. The van der Waals surface area contributed by atoms with Crippen molar-refractivity contribution in [2.45, 2.75) is 6.92 Å². The molecule has 0 saturated carbocycles. The number of nitrogens with one attached hydrogen (secondary N) is 1. The first-order chi connectivity index (χ1) is 7.65. The quantitative estimate of drug-likeness (QED) is 0.800. The summed E-state index contributed by atoms with van der Waals surface area (Å²) >= 11 is 11.7. The van der Waals surface area contributed by atoms with E-state index in [4.69, 9.17) is 23.2 Å². The van der Waals surface area contributed by atoms with Crippen molar-refractivity contribution in [3.05, 3.63) is 52.1 Å². The second kappa shape index (κ2) is 4.73. The fourth-order valence-electron chi connectivity index (χ4n) is 1.38. The van der Waals surface area contributed by atoms with Crippen LogP contribution in [0.25, 0.3) is 0 Å². The van der Waals surface area contributed by atoms with Gasteiger partial charge in [0, 0.05) is 10.7 Å². The third kappa shape index (κ3) is 2.65. The Bertz CT molecular complexity index is 512. The first kappa shape index (κ1) is 11.2. The maximum absolute atomic E-state index is 5.88. The Balaban J connectivity index is 2.27. The van der Waals surface area contributed by atoms with Crippen molar-refractivity contribution in [3.8, 4) is 0 Å². The highest BCUT2D eigenvalue weighted by Gasteiger charge is 2.01. The summed E-state index contributed by atoms with van der Waals surface area (Å²) in [4.78, 5) is 4.15. The molecular weight excluding hydrogens is 243 g/mol. The second-order valence-electron chi connectivity index (χ2n) is 3.43. The number of hydrogen-bond acceptors (Lipinski definition) is 2. The second-order valence-corrected chi connectivity index (χ2v) is 4.25. The van der Waals surface area contributed by atoms with E-state index < -0.39 is 0 Å². The van der Waals surface area contributed by atoms with Crippen molar-refractivity contribution in [3.63, 3.8) is 0 Å². The maximum atomic E-state index is 5.88. The van der Waals surface area contributed by atoms with Gasteiger partial charge in [0.05, 0.1) is 0 Å². The zero-order chi connectivity index (χ0) is 11.5. The van der Waals surface area contributed by atoms with Gasteiger partial charge in [-0.15, -0.1) is 0 Å². The van der Waals surface area contributed by atoms with Crippen LogP contribution in [0.3, 0.4) is 0 Å². The van der Waals surface area contributed by atoms with E-state index in [9.17, 15) is 0 Å². The summed E-state index contributed by atoms with van der Waals surface area (Å²) in [6, 6.07) is 11.1. The predicted octanol–water partition coefficient (Wildman–Crippen LogP) is 4.44. The molecule has 0 aliphatic rings. The number of aromatic nitrogens is 1. The average molecular weight is 253 g/mol. The summed E-state index contributed by atoms with van der Waals surface area (Å²) in [7, 11) is 0. The molecule has 2 rings (SSSR count). The van der Waals surface area contributed by atoms with Crippen LogP contribution in [-0.2, 0) is 0 Å². The van der Waals surface area contributed by atoms with Crippen LogP contribution in [0.4, 0.5) is 11.5 Å². The van der Waals surface area contributed by atoms with Crippen LogP contribution in [0, 0.1) is 6.92 Å². The Morgan fingerprint density at radius 1 is 1.12 bits per heavy atom. The van der Waals surface area contributed by atoms with Crippen molar-refractivity contribution in [2.75, 3.05) is 5.32 Å². The van der Waals surface area contributed by atoms with Crippen LogP contribution < -0.4 is 5.32 Å². The Morgan fingerprint density at radius 3 is 2.62 bits per heavy atom. The minimum absolute atomic E-state index is 0.469. The minimum Gasteiger partial charge on any atom is -0.340 e. The Morgan fingerprint density at radius 2 is 1.94 bits per heavy atom. The molecule has 0 aliphatic carbocycles. The molecule has 1 N–H and O–H groups in total. The fourth-order valence-corrected chi connectivity index (χ4v) is 1.77. The predicted molar refractivity (Wildman–Crippen MR) is 68.7 cm³/mol. The number of aryl methyl sites for hydroxylation is 1. The summed E-state index contributed by atoms with van der Waals surface area (Å²) in [6.45, 7) is 1.98. The summed E-state index contributed by atoms with van der Waals surface area (Å²) in [5.41, 5.74) is 2.04. The first-order valence-electron chi connectivity index (χ1n) is 4.81. The highest BCUT2D eigenvalue weighted by Crippen LogP contribution is 2.23. The third-order valence-corrected chi connectivity index (χ3v) is 2.61. The zero-order valence-corrected chi connectivity index (χ0v) is 10.2. The first-order valence-corrected chi connectivity index (χ1v) is 5.56. The van der Waals surface area contributed by atoms with E-state index in [1.165, 1.54) is 0 Å². The fraction of sp³-hybridized carbons (Fsp3) is 0.0833. The smallest absolute Gasteiger partial charge is 0.132 e. The lowest BCUT2D eigenvalue weighted by Crippen LogP contribution is -1.95. The Hall–Kier alpha value is -1.25. The van der Waals surface area contributed by atoms with Gasteiger partial charge in [0.15, 0.2) is 0 Å². The lowest BCUT2D eigenvalue weighted by Gasteiger charge is -2.08. The van der Waals surface area contributed by atoms with E-state index in [0.29, 0.717) is 5.15 Å². The van der Waals surface area contributed by atoms with Gasteiger partial charge in [-0.2, -0.15) is 0 Å². The summed E-state index contributed by atoms with van der Waals surface area (Å²) < 4.78 is 0. The van der Waals surface area contributed by atoms with E-state index in [-0.39, 0.29) is 0 Å². The maximum Gasteiger partial charge on any atom is 0.132 e. The van der Waals surface area contributed by atoms with Crippen molar-refractivity contribution in [2.24, 2.45) is 0 Å². The molecule has 0 radical (unpaired) electrons. The molecule has 0 unspecified atom stereocenters. The van der Waals surface area contributed by atoms with E-state index >= 15 is 0 Å². The van der Waals surface area contributed by atoms with E-state index in [0.717, 1.165) is 22.1 Å². The summed E-state index contributed by atoms with van der Waals surface area (Å²) in [5.74, 6) is 0.720. The van der Waals surface area contributed by atoms with Gasteiger partial charge in [-0.05, 0) is 42.8 Å². The van der Waals surface area contributed by atoms with Crippen LogP contribution in [0.1, 0.15) is 5.56 Å². The summed E-state index contributed by atoms with van der Waals surface area (Å²) in [5, 5.41) is 4.38. The number of hydrogen-bond donors (Lipinski definition) is 1. The SMILES string of the molecule is Cc1cc(Cl)ccc1Nc1cccc(Cl)n1. The number of pyridine rings is 1. The van der Waals surface area contributed by atoms with Crippen LogP contribution in [0.15, 0.2) is 36.4 Å². The molecule has 0 saturated heterocycles. The van der Waals surface area contributed by atoms with Crippen molar-refractivity contribution >= 4 is 34.7 Å². The van der Waals surface area contributed by atoms with Gasteiger partial charge >= 0.3 is 0 Å².